The van der Waals surface area contributed by atoms with Crippen LogP contribution in [0.2, 0.25) is 0 Å². The molecule has 0 aromatic carbocycles. The number of likely N-dealkylation sites (N-methyl/N-ethyl adjacent to an activating group) is 1. The molecular formula is C12H25F3N2. The van der Waals surface area contributed by atoms with Crippen LogP contribution in [0, 0.1) is 0 Å². The fourth-order valence-electron chi connectivity index (χ4n) is 2.15. The highest BCUT2D eigenvalue weighted by Gasteiger charge is 2.37. The number of rotatable bonds is 2. The Morgan fingerprint density at radius 1 is 1.18 bits per heavy atom. The van der Waals surface area contributed by atoms with Gasteiger partial charge in [-0.1, -0.05) is 13.8 Å². The summed E-state index contributed by atoms with van der Waals surface area (Å²) in [5.74, 6) is 0. The minimum atomic E-state index is -4.06. The van der Waals surface area contributed by atoms with E-state index in [0.717, 1.165) is 13.1 Å². The minimum Gasteiger partial charge on any atom is -0.304 e. The van der Waals surface area contributed by atoms with Crippen molar-refractivity contribution in [3.63, 3.8) is 0 Å². The first-order valence-corrected chi connectivity index (χ1v) is 6.30. The molecule has 1 aliphatic rings. The predicted octanol–water partition coefficient (Wildman–Crippen LogP) is 2.99. The molecule has 1 saturated heterocycles. The number of hydrogen-bond acceptors (Lipinski definition) is 2. The molecule has 104 valence electrons. The monoisotopic (exact) mass is 254 g/mol. The summed E-state index contributed by atoms with van der Waals surface area (Å²) in [4.78, 5) is 3.92. The maximum absolute atomic E-state index is 12.4. The summed E-state index contributed by atoms with van der Waals surface area (Å²) in [5.41, 5.74) is 0. The van der Waals surface area contributed by atoms with Gasteiger partial charge in [0.05, 0.1) is 6.42 Å². The highest BCUT2D eigenvalue weighted by Crippen LogP contribution is 2.26. The van der Waals surface area contributed by atoms with Gasteiger partial charge in [0.15, 0.2) is 0 Å². The molecule has 0 N–H and O–H groups in total. The van der Waals surface area contributed by atoms with Gasteiger partial charge in [0.25, 0.3) is 0 Å². The summed E-state index contributed by atoms with van der Waals surface area (Å²) in [7, 11) is 1.88. The summed E-state index contributed by atoms with van der Waals surface area (Å²) < 4.78 is 37.1. The van der Waals surface area contributed by atoms with Gasteiger partial charge in [-0.25, -0.2) is 0 Å². The van der Waals surface area contributed by atoms with Gasteiger partial charge in [0.1, 0.15) is 0 Å². The molecule has 2 nitrogen and oxygen atoms in total. The molecule has 1 heterocycles. The smallest absolute Gasteiger partial charge is 0.304 e. The number of piperazine rings is 1. The SMILES string of the molecule is CC.CC(C)N1CCN(C)CC1CC(F)(F)F. The van der Waals surface area contributed by atoms with Gasteiger partial charge in [-0.05, 0) is 20.9 Å². The van der Waals surface area contributed by atoms with E-state index in [-0.39, 0.29) is 12.1 Å². The van der Waals surface area contributed by atoms with Crippen molar-refractivity contribution in [2.45, 2.75) is 52.4 Å². The van der Waals surface area contributed by atoms with Crippen LogP contribution in [0.4, 0.5) is 13.2 Å². The molecule has 0 aliphatic carbocycles. The number of hydrogen-bond donors (Lipinski definition) is 0. The lowest BCUT2D eigenvalue weighted by atomic mass is 10.1. The zero-order valence-electron chi connectivity index (χ0n) is 11.5. The Balaban J connectivity index is 0.00000121. The van der Waals surface area contributed by atoms with E-state index in [4.69, 9.17) is 0 Å². The molecule has 1 atom stereocenters. The molecule has 0 bridgehead atoms. The van der Waals surface area contributed by atoms with Crippen LogP contribution in [0.25, 0.3) is 0 Å². The molecule has 0 aromatic heterocycles. The van der Waals surface area contributed by atoms with E-state index in [1.54, 1.807) is 0 Å². The fraction of sp³-hybridized carbons (Fsp3) is 1.00. The van der Waals surface area contributed by atoms with Crippen molar-refractivity contribution < 1.29 is 13.2 Å². The van der Waals surface area contributed by atoms with Crippen molar-refractivity contribution in [3.05, 3.63) is 0 Å². The van der Waals surface area contributed by atoms with Crippen LogP contribution in [-0.2, 0) is 0 Å². The Bertz CT molecular complexity index is 204. The topological polar surface area (TPSA) is 6.48 Å². The van der Waals surface area contributed by atoms with Gasteiger partial charge in [0.2, 0.25) is 0 Å². The summed E-state index contributed by atoms with van der Waals surface area (Å²) in [6, 6.07) is -0.199. The Kier molecular flexibility index (Phi) is 7.09. The third-order valence-corrected chi connectivity index (χ3v) is 2.86. The van der Waals surface area contributed by atoms with E-state index in [1.165, 1.54) is 0 Å². The highest BCUT2D eigenvalue weighted by molar-refractivity contribution is 4.84. The van der Waals surface area contributed by atoms with E-state index in [2.05, 4.69) is 0 Å². The van der Waals surface area contributed by atoms with Crippen LogP contribution in [-0.4, -0.2) is 54.7 Å². The Morgan fingerprint density at radius 3 is 2.12 bits per heavy atom. The zero-order chi connectivity index (χ0) is 13.6. The first-order chi connectivity index (χ1) is 7.79. The van der Waals surface area contributed by atoms with Gasteiger partial charge < -0.3 is 4.90 Å². The molecule has 0 aromatic rings. The van der Waals surface area contributed by atoms with Gasteiger partial charge in [-0.2, -0.15) is 13.2 Å². The van der Waals surface area contributed by atoms with Crippen molar-refractivity contribution >= 4 is 0 Å². The van der Waals surface area contributed by atoms with E-state index < -0.39 is 12.6 Å². The maximum Gasteiger partial charge on any atom is 0.390 e. The van der Waals surface area contributed by atoms with Crippen LogP contribution in [0.5, 0.6) is 0 Å². The molecule has 1 fully saturated rings. The number of alkyl halides is 3. The second kappa shape index (κ2) is 7.21. The van der Waals surface area contributed by atoms with Crippen LogP contribution in [0.1, 0.15) is 34.1 Å². The van der Waals surface area contributed by atoms with Gasteiger partial charge in [-0.3, -0.25) is 4.90 Å². The molecule has 5 heteroatoms. The van der Waals surface area contributed by atoms with Crippen molar-refractivity contribution in [1.29, 1.82) is 0 Å². The van der Waals surface area contributed by atoms with Crippen LogP contribution in [0.15, 0.2) is 0 Å². The standard InChI is InChI=1S/C10H19F3N2.C2H6/c1-8(2)15-5-4-14(3)7-9(15)6-10(11,12)13;1-2/h8-9H,4-7H2,1-3H3;1-2H3. The van der Waals surface area contributed by atoms with Crippen molar-refractivity contribution in [2.75, 3.05) is 26.7 Å². The second-order valence-corrected chi connectivity index (χ2v) is 4.57. The molecular weight excluding hydrogens is 229 g/mol. The molecule has 0 spiro atoms. The van der Waals surface area contributed by atoms with E-state index in [0.29, 0.717) is 6.54 Å². The molecule has 1 aliphatic heterocycles. The quantitative estimate of drug-likeness (QED) is 0.747. The largest absolute Gasteiger partial charge is 0.390 e. The molecule has 17 heavy (non-hydrogen) atoms. The summed E-state index contributed by atoms with van der Waals surface area (Å²) >= 11 is 0. The molecule has 0 radical (unpaired) electrons. The molecule has 0 amide bonds. The van der Waals surface area contributed by atoms with E-state index >= 15 is 0 Å². The lowest BCUT2D eigenvalue weighted by Gasteiger charge is -2.42. The Hall–Kier alpha value is -0.290. The normalized spacial score (nSPS) is 23.5. The minimum absolute atomic E-state index is 0.186. The van der Waals surface area contributed by atoms with Gasteiger partial charge in [-0.15, -0.1) is 0 Å². The molecule has 0 saturated carbocycles. The summed E-state index contributed by atoms with van der Waals surface area (Å²) in [6.07, 6.45) is -4.76. The first-order valence-electron chi connectivity index (χ1n) is 6.30. The predicted molar refractivity (Wildman–Crippen MR) is 65.1 cm³/mol. The number of halogens is 3. The number of nitrogens with zero attached hydrogens (tertiary/aromatic N) is 2. The average Bonchev–Trinajstić information content (AvgIpc) is 2.17. The highest BCUT2D eigenvalue weighted by atomic mass is 19.4. The van der Waals surface area contributed by atoms with Crippen LogP contribution in [0.3, 0.4) is 0 Å². The Morgan fingerprint density at radius 2 is 1.71 bits per heavy atom. The average molecular weight is 254 g/mol. The van der Waals surface area contributed by atoms with E-state index in [9.17, 15) is 13.2 Å². The maximum atomic E-state index is 12.4. The fourth-order valence-corrected chi connectivity index (χ4v) is 2.15. The second-order valence-electron chi connectivity index (χ2n) is 4.57. The van der Waals surface area contributed by atoms with Crippen molar-refractivity contribution in [2.24, 2.45) is 0 Å². The molecule has 1 unspecified atom stereocenters. The van der Waals surface area contributed by atoms with Gasteiger partial charge >= 0.3 is 6.18 Å². The third-order valence-electron chi connectivity index (χ3n) is 2.86. The van der Waals surface area contributed by atoms with Crippen LogP contribution >= 0.6 is 0 Å². The van der Waals surface area contributed by atoms with Crippen LogP contribution < -0.4 is 0 Å². The summed E-state index contributed by atoms with van der Waals surface area (Å²) in [6.45, 7) is 10.0. The zero-order valence-corrected chi connectivity index (χ0v) is 11.5. The molecule has 1 rings (SSSR count). The third kappa shape index (κ3) is 6.27. The first kappa shape index (κ1) is 16.7. The lowest BCUT2D eigenvalue weighted by Crippen LogP contribution is -2.55. The summed E-state index contributed by atoms with van der Waals surface area (Å²) in [5, 5.41) is 0. The lowest BCUT2D eigenvalue weighted by molar-refractivity contribution is -0.153. The van der Waals surface area contributed by atoms with Gasteiger partial charge in [0, 0.05) is 31.7 Å². The van der Waals surface area contributed by atoms with Crippen molar-refractivity contribution in [3.8, 4) is 0 Å². The van der Waals surface area contributed by atoms with Crippen molar-refractivity contribution in [1.82, 2.24) is 9.80 Å². The Labute approximate surface area is 103 Å². The van der Waals surface area contributed by atoms with E-state index in [1.807, 2.05) is 44.5 Å².